The minimum atomic E-state index is -0.551. The van der Waals surface area contributed by atoms with E-state index in [2.05, 4.69) is 31.3 Å². The minimum absolute atomic E-state index is 0.154. The van der Waals surface area contributed by atoms with Crippen LogP contribution in [0, 0.1) is 11.8 Å². The van der Waals surface area contributed by atoms with Crippen molar-refractivity contribution in [1.82, 2.24) is 5.32 Å². The summed E-state index contributed by atoms with van der Waals surface area (Å²) in [7, 11) is 0. The number of rotatable bonds is 8. The van der Waals surface area contributed by atoms with Crippen molar-refractivity contribution >= 4 is 11.9 Å². The standard InChI is InChI=1S/C25H31NO4/c1-18-9-8-13-22(19(18)2)26-24(27)16-30-25(28)17-29-23-14-7-6-12-21(23)15-20-10-4-3-5-11-20/h3-7,10-12,14,18-19,22H,8-9,13,15-17H2,1-2H3,(H,26,27)/t18-,19+,22-/m0/s1. The zero-order chi connectivity index (χ0) is 21.3. The number of hydrogen-bond acceptors (Lipinski definition) is 4. The predicted octanol–water partition coefficient (Wildman–Crippen LogP) is 4.14. The first-order valence-corrected chi connectivity index (χ1v) is 10.7. The largest absolute Gasteiger partial charge is 0.482 e. The molecule has 0 bridgehead atoms. The Bertz CT molecular complexity index is 836. The lowest BCUT2D eigenvalue weighted by atomic mass is 9.78. The van der Waals surface area contributed by atoms with E-state index in [-0.39, 0.29) is 25.2 Å². The quantitative estimate of drug-likeness (QED) is 0.666. The van der Waals surface area contributed by atoms with Crippen LogP contribution in [0.1, 0.15) is 44.2 Å². The molecule has 0 aliphatic heterocycles. The summed E-state index contributed by atoms with van der Waals surface area (Å²) in [5.41, 5.74) is 2.16. The molecule has 1 N–H and O–H groups in total. The number of esters is 1. The summed E-state index contributed by atoms with van der Waals surface area (Å²) in [4.78, 5) is 24.2. The second-order valence-corrected chi connectivity index (χ2v) is 8.16. The number of para-hydroxylation sites is 1. The highest BCUT2D eigenvalue weighted by atomic mass is 16.6. The highest BCUT2D eigenvalue weighted by Gasteiger charge is 2.28. The van der Waals surface area contributed by atoms with E-state index in [1.54, 1.807) is 0 Å². The van der Waals surface area contributed by atoms with Crippen molar-refractivity contribution in [3.05, 3.63) is 65.7 Å². The average molecular weight is 410 g/mol. The fourth-order valence-corrected chi connectivity index (χ4v) is 3.97. The van der Waals surface area contributed by atoms with Gasteiger partial charge in [-0.15, -0.1) is 0 Å². The molecule has 30 heavy (non-hydrogen) atoms. The molecular formula is C25H31NO4. The van der Waals surface area contributed by atoms with Crippen LogP contribution in [0.2, 0.25) is 0 Å². The highest BCUT2D eigenvalue weighted by Crippen LogP contribution is 2.29. The Balaban J connectivity index is 1.44. The van der Waals surface area contributed by atoms with Gasteiger partial charge in [0.2, 0.25) is 0 Å². The molecule has 0 radical (unpaired) electrons. The monoisotopic (exact) mass is 409 g/mol. The summed E-state index contributed by atoms with van der Waals surface area (Å²) in [6.07, 6.45) is 4.01. The summed E-state index contributed by atoms with van der Waals surface area (Å²) in [5, 5.41) is 3.01. The molecule has 5 heteroatoms. The Morgan fingerprint density at radius 3 is 2.50 bits per heavy atom. The van der Waals surface area contributed by atoms with Crippen LogP contribution in [-0.4, -0.2) is 31.1 Å². The predicted molar refractivity (Wildman–Crippen MR) is 116 cm³/mol. The van der Waals surface area contributed by atoms with Crippen LogP contribution in [0.5, 0.6) is 5.75 Å². The van der Waals surface area contributed by atoms with E-state index in [0.29, 0.717) is 24.0 Å². The van der Waals surface area contributed by atoms with Crippen LogP contribution in [0.25, 0.3) is 0 Å². The molecule has 3 rings (SSSR count). The third kappa shape index (κ3) is 6.34. The molecule has 2 aromatic rings. The zero-order valence-corrected chi connectivity index (χ0v) is 17.8. The van der Waals surface area contributed by atoms with E-state index >= 15 is 0 Å². The molecule has 1 saturated carbocycles. The summed E-state index contributed by atoms with van der Waals surface area (Å²) < 4.78 is 10.8. The molecule has 0 unspecified atom stereocenters. The molecule has 5 nitrogen and oxygen atoms in total. The van der Waals surface area contributed by atoms with Crippen LogP contribution in [0.3, 0.4) is 0 Å². The third-order valence-corrected chi connectivity index (χ3v) is 5.97. The van der Waals surface area contributed by atoms with Crippen LogP contribution in [0.4, 0.5) is 0 Å². The van der Waals surface area contributed by atoms with Gasteiger partial charge in [-0.25, -0.2) is 4.79 Å². The maximum Gasteiger partial charge on any atom is 0.344 e. The molecule has 160 valence electrons. The van der Waals surface area contributed by atoms with Gasteiger partial charge in [-0.1, -0.05) is 75.2 Å². The molecule has 0 saturated heterocycles. The Kier molecular flexibility index (Phi) is 7.89. The van der Waals surface area contributed by atoms with Crippen molar-refractivity contribution in [2.75, 3.05) is 13.2 Å². The van der Waals surface area contributed by atoms with E-state index in [1.165, 1.54) is 12.0 Å². The summed E-state index contributed by atoms with van der Waals surface area (Å²) in [6.45, 7) is 3.89. The summed E-state index contributed by atoms with van der Waals surface area (Å²) >= 11 is 0. The van der Waals surface area contributed by atoms with Gasteiger partial charge in [-0.3, -0.25) is 4.79 Å². The van der Waals surface area contributed by atoms with Crippen molar-refractivity contribution in [2.24, 2.45) is 11.8 Å². The van der Waals surface area contributed by atoms with Gasteiger partial charge in [0.1, 0.15) is 5.75 Å². The van der Waals surface area contributed by atoms with Crippen LogP contribution >= 0.6 is 0 Å². The number of amides is 1. The van der Waals surface area contributed by atoms with Gasteiger partial charge in [0.25, 0.3) is 5.91 Å². The van der Waals surface area contributed by atoms with E-state index in [9.17, 15) is 9.59 Å². The van der Waals surface area contributed by atoms with Crippen molar-refractivity contribution in [3.63, 3.8) is 0 Å². The molecule has 1 fully saturated rings. The van der Waals surface area contributed by atoms with Gasteiger partial charge in [0.15, 0.2) is 13.2 Å². The minimum Gasteiger partial charge on any atom is -0.482 e. The van der Waals surface area contributed by atoms with Gasteiger partial charge in [-0.2, -0.15) is 0 Å². The first-order valence-electron chi connectivity index (χ1n) is 10.7. The first-order chi connectivity index (χ1) is 14.5. The zero-order valence-electron chi connectivity index (χ0n) is 17.8. The number of carbonyl (C=O) groups excluding carboxylic acids is 2. The van der Waals surface area contributed by atoms with Crippen molar-refractivity contribution in [1.29, 1.82) is 0 Å². The number of ether oxygens (including phenoxy) is 2. The van der Waals surface area contributed by atoms with Crippen LogP contribution < -0.4 is 10.1 Å². The van der Waals surface area contributed by atoms with E-state index < -0.39 is 5.97 Å². The smallest absolute Gasteiger partial charge is 0.344 e. The van der Waals surface area contributed by atoms with Crippen molar-refractivity contribution < 1.29 is 19.1 Å². The van der Waals surface area contributed by atoms with Gasteiger partial charge in [0, 0.05) is 12.5 Å². The van der Waals surface area contributed by atoms with Crippen molar-refractivity contribution in [2.45, 2.75) is 45.6 Å². The second kappa shape index (κ2) is 10.8. The number of carbonyl (C=O) groups is 2. The first kappa shape index (κ1) is 21.9. The Hall–Kier alpha value is -2.82. The lowest BCUT2D eigenvalue weighted by Gasteiger charge is -2.34. The molecule has 2 aromatic carbocycles. The third-order valence-electron chi connectivity index (χ3n) is 5.97. The van der Waals surface area contributed by atoms with E-state index in [0.717, 1.165) is 18.4 Å². The highest BCUT2D eigenvalue weighted by molar-refractivity contribution is 5.81. The van der Waals surface area contributed by atoms with Crippen molar-refractivity contribution in [3.8, 4) is 5.75 Å². The number of hydrogen-bond donors (Lipinski definition) is 1. The molecular weight excluding hydrogens is 378 g/mol. The van der Waals surface area contributed by atoms with Gasteiger partial charge in [0.05, 0.1) is 0 Å². The van der Waals surface area contributed by atoms with Gasteiger partial charge < -0.3 is 14.8 Å². The lowest BCUT2D eigenvalue weighted by Crippen LogP contribution is -2.45. The van der Waals surface area contributed by atoms with Crippen LogP contribution in [0.15, 0.2) is 54.6 Å². The summed E-state index contributed by atoms with van der Waals surface area (Å²) in [5.74, 6) is 0.870. The van der Waals surface area contributed by atoms with E-state index in [4.69, 9.17) is 9.47 Å². The Labute approximate surface area is 178 Å². The van der Waals surface area contributed by atoms with Gasteiger partial charge >= 0.3 is 5.97 Å². The van der Waals surface area contributed by atoms with Crippen LogP contribution in [-0.2, 0) is 20.7 Å². The fourth-order valence-electron chi connectivity index (χ4n) is 3.97. The fraction of sp³-hybridized carbons (Fsp3) is 0.440. The van der Waals surface area contributed by atoms with E-state index in [1.807, 2.05) is 42.5 Å². The lowest BCUT2D eigenvalue weighted by molar-refractivity contribution is -0.150. The maximum absolute atomic E-state index is 12.2. The molecule has 0 heterocycles. The molecule has 3 atom stereocenters. The molecule has 0 spiro atoms. The number of benzene rings is 2. The molecule has 1 amide bonds. The molecule has 1 aliphatic rings. The molecule has 0 aromatic heterocycles. The van der Waals surface area contributed by atoms with Gasteiger partial charge in [-0.05, 0) is 35.4 Å². The molecule has 1 aliphatic carbocycles. The average Bonchev–Trinajstić information content (AvgIpc) is 2.75. The Morgan fingerprint density at radius 2 is 1.70 bits per heavy atom. The number of nitrogens with one attached hydrogen (secondary N) is 1. The topological polar surface area (TPSA) is 64.6 Å². The Morgan fingerprint density at radius 1 is 0.967 bits per heavy atom. The SMILES string of the molecule is C[C@H]1[C@@H](NC(=O)COC(=O)COc2ccccc2Cc2ccccc2)CCC[C@@H]1C. The normalized spacial score (nSPS) is 20.9. The second-order valence-electron chi connectivity index (χ2n) is 8.16. The summed E-state index contributed by atoms with van der Waals surface area (Å²) in [6, 6.07) is 17.9. The maximum atomic E-state index is 12.2.